The van der Waals surface area contributed by atoms with Crippen LogP contribution >= 0.6 is 0 Å². The number of nitrogens with one attached hydrogen (secondary N) is 2. The number of hydrogen-bond donors (Lipinski definition) is 2. The third kappa shape index (κ3) is 5.31. The van der Waals surface area contributed by atoms with Gasteiger partial charge in [0.2, 0.25) is 10.0 Å². The first kappa shape index (κ1) is 15.5. The predicted octanol–water partition coefficient (Wildman–Crippen LogP) is -0.164. The van der Waals surface area contributed by atoms with Gasteiger partial charge in [-0.3, -0.25) is 4.99 Å². The number of nitrogens with zero attached hydrogens (tertiary/aromatic N) is 2. The maximum absolute atomic E-state index is 11.6. The summed E-state index contributed by atoms with van der Waals surface area (Å²) in [5.74, 6) is 1.33. The molecule has 0 radical (unpaired) electrons. The van der Waals surface area contributed by atoms with E-state index in [1.807, 2.05) is 6.07 Å². The predicted molar refractivity (Wildman–Crippen MR) is 74.4 cm³/mol. The molecule has 19 heavy (non-hydrogen) atoms. The van der Waals surface area contributed by atoms with E-state index in [4.69, 9.17) is 4.42 Å². The highest BCUT2D eigenvalue weighted by molar-refractivity contribution is 7.89. The molecular weight excluding hydrogens is 268 g/mol. The van der Waals surface area contributed by atoms with Crippen LogP contribution in [0.2, 0.25) is 0 Å². The van der Waals surface area contributed by atoms with E-state index in [0.29, 0.717) is 19.0 Å². The quantitative estimate of drug-likeness (QED) is 0.561. The van der Waals surface area contributed by atoms with Crippen LogP contribution in [0.1, 0.15) is 5.76 Å². The number of guanidine groups is 1. The van der Waals surface area contributed by atoms with Gasteiger partial charge in [0.1, 0.15) is 5.76 Å². The molecule has 0 fully saturated rings. The fraction of sp³-hybridized carbons (Fsp3) is 0.545. The van der Waals surface area contributed by atoms with Gasteiger partial charge in [0.25, 0.3) is 0 Å². The fourth-order valence-electron chi connectivity index (χ4n) is 1.29. The van der Waals surface area contributed by atoms with Crippen LogP contribution < -0.4 is 10.6 Å². The van der Waals surface area contributed by atoms with Gasteiger partial charge in [0.05, 0.1) is 18.6 Å². The normalized spacial score (nSPS) is 12.7. The van der Waals surface area contributed by atoms with Crippen LogP contribution in [0.15, 0.2) is 27.8 Å². The number of sulfonamides is 1. The Hall–Kier alpha value is -1.54. The van der Waals surface area contributed by atoms with Gasteiger partial charge in [-0.25, -0.2) is 12.7 Å². The molecule has 0 aromatic carbocycles. The molecule has 0 amide bonds. The average molecular weight is 288 g/mol. The molecular formula is C11H20N4O3S. The first-order valence-corrected chi connectivity index (χ1v) is 7.43. The van der Waals surface area contributed by atoms with Crippen molar-refractivity contribution in [1.29, 1.82) is 0 Å². The summed E-state index contributed by atoms with van der Waals surface area (Å²) in [6, 6.07) is 3.65. The molecule has 0 aliphatic carbocycles. The van der Waals surface area contributed by atoms with E-state index in [1.54, 1.807) is 19.4 Å². The molecule has 0 saturated carbocycles. The topological polar surface area (TPSA) is 86.9 Å². The molecule has 0 atom stereocenters. The summed E-state index contributed by atoms with van der Waals surface area (Å²) in [4.78, 5) is 4.00. The van der Waals surface area contributed by atoms with E-state index in [2.05, 4.69) is 15.6 Å². The third-order valence-electron chi connectivity index (χ3n) is 2.44. The molecule has 1 heterocycles. The average Bonchev–Trinajstić information content (AvgIpc) is 2.86. The molecule has 108 valence electrons. The Morgan fingerprint density at radius 2 is 2.16 bits per heavy atom. The van der Waals surface area contributed by atoms with E-state index in [0.717, 1.165) is 5.76 Å². The first-order chi connectivity index (χ1) is 8.95. The molecule has 0 saturated heterocycles. The van der Waals surface area contributed by atoms with E-state index in [9.17, 15) is 8.42 Å². The maximum atomic E-state index is 11.6. The van der Waals surface area contributed by atoms with E-state index >= 15 is 0 Å². The minimum atomic E-state index is -3.19. The van der Waals surface area contributed by atoms with Crippen molar-refractivity contribution in [2.24, 2.45) is 4.99 Å². The molecule has 0 bridgehead atoms. The monoisotopic (exact) mass is 288 g/mol. The highest BCUT2D eigenvalue weighted by Gasteiger charge is 2.13. The fourth-order valence-corrected chi connectivity index (χ4v) is 2.01. The standard InChI is InChI=1S/C11H20N4O3S/c1-12-11(14-9-10-5-4-7-18-10)13-6-8-19(16,17)15(2)3/h4-5,7H,6,8-9H2,1-3H3,(H2,12,13,14). The second-order valence-electron chi connectivity index (χ2n) is 4.03. The summed E-state index contributed by atoms with van der Waals surface area (Å²) >= 11 is 0. The van der Waals surface area contributed by atoms with Gasteiger partial charge in [-0.1, -0.05) is 0 Å². The summed E-state index contributed by atoms with van der Waals surface area (Å²) in [6.45, 7) is 0.783. The Kier molecular flexibility index (Phi) is 5.84. The lowest BCUT2D eigenvalue weighted by atomic mass is 10.4. The number of aliphatic imine (C=N–C) groups is 1. The molecule has 0 aliphatic heterocycles. The van der Waals surface area contributed by atoms with Crippen molar-refractivity contribution in [1.82, 2.24) is 14.9 Å². The van der Waals surface area contributed by atoms with Gasteiger partial charge < -0.3 is 15.1 Å². The minimum Gasteiger partial charge on any atom is -0.467 e. The summed E-state index contributed by atoms with van der Waals surface area (Å²) in [6.07, 6.45) is 1.59. The summed E-state index contributed by atoms with van der Waals surface area (Å²) in [5, 5.41) is 5.96. The molecule has 1 aromatic rings. The largest absolute Gasteiger partial charge is 0.467 e. The Bertz CT molecular complexity index is 494. The second kappa shape index (κ2) is 7.15. The lowest BCUT2D eigenvalue weighted by Gasteiger charge is -2.13. The van der Waals surface area contributed by atoms with E-state index in [-0.39, 0.29) is 5.75 Å². The molecule has 0 spiro atoms. The highest BCUT2D eigenvalue weighted by Crippen LogP contribution is 1.98. The SMILES string of the molecule is CN=C(NCCS(=O)(=O)N(C)C)NCc1ccco1. The van der Waals surface area contributed by atoms with Crippen molar-refractivity contribution >= 4 is 16.0 Å². The molecule has 0 unspecified atom stereocenters. The van der Waals surface area contributed by atoms with Gasteiger partial charge in [-0.05, 0) is 12.1 Å². The highest BCUT2D eigenvalue weighted by atomic mass is 32.2. The van der Waals surface area contributed by atoms with Crippen molar-refractivity contribution in [2.75, 3.05) is 33.4 Å². The number of hydrogen-bond acceptors (Lipinski definition) is 4. The number of furan rings is 1. The third-order valence-corrected chi connectivity index (χ3v) is 4.28. The minimum absolute atomic E-state index is 0.0153. The lowest BCUT2D eigenvalue weighted by molar-refractivity contribution is 0.501. The zero-order valence-corrected chi connectivity index (χ0v) is 12.2. The first-order valence-electron chi connectivity index (χ1n) is 5.83. The molecule has 0 aliphatic rings. The van der Waals surface area contributed by atoms with Crippen LogP contribution in [-0.4, -0.2) is 52.1 Å². The summed E-state index contributed by atoms with van der Waals surface area (Å²) < 4.78 is 29.5. The molecule has 7 nitrogen and oxygen atoms in total. The van der Waals surface area contributed by atoms with Gasteiger partial charge in [0, 0.05) is 27.7 Å². The van der Waals surface area contributed by atoms with Crippen LogP contribution in [0.3, 0.4) is 0 Å². The smallest absolute Gasteiger partial charge is 0.215 e. The van der Waals surface area contributed by atoms with Crippen LogP contribution in [0.4, 0.5) is 0 Å². The zero-order chi connectivity index (χ0) is 14.3. The van der Waals surface area contributed by atoms with Crippen molar-refractivity contribution in [3.05, 3.63) is 24.2 Å². The van der Waals surface area contributed by atoms with E-state index in [1.165, 1.54) is 18.4 Å². The van der Waals surface area contributed by atoms with Gasteiger partial charge in [0.15, 0.2) is 5.96 Å². The van der Waals surface area contributed by atoms with Crippen LogP contribution in [-0.2, 0) is 16.6 Å². The van der Waals surface area contributed by atoms with Crippen molar-refractivity contribution in [3.63, 3.8) is 0 Å². The van der Waals surface area contributed by atoms with Gasteiger partial charge >= 0.3 is 0 Å². The van der Waals surface area contributed by atoms with Crippen molar-refractivity contribution in [2.45, 2.75) is 6.54 Å². The van der Waals surface area contributed by atoms with E-state index < -0.39 is 10.0 Å². The Morgan fingerprint density at radius 1 is 1.42 bits per heavy atom. The van der Waals surface area contributed by atoms with Crippen LogP contribution in [0.5, 0.6) is 0 Å². The molecule has 1 rings (SSSR count). The van der Waals surface area contributed by atoms with Gasteiger partial charge in [-0.15, -0.1) is 0 Å². The molecule has 8 heteroatoms. The number of rotatable bonds is 6. The second-order valence-corrected chi connectivity index (χ2v) is 6.33. The maximum Gasteiger partial charge on any atom is 0.215 e. The summed E-state index contributed by atoms with van der Waals surface area (Å²) in [7, 11) is 1.46. The lowest BCUT2D eigenvalue weighted by Crippen LogP contribution is -2.40. The Morgan fingerprint density at radius 3 is 2.68 bits per heavy atom. The summed E-state index contributed by atoms with van der Waals surface area (Å²) in [5.41, 5.74) is 0. The zero-order valence-electron chi connectivity index (χ0n) is 11.4. The molecule has 1 aromatic heterocycles. The molecule has 2 N–H and O–H groups in total. The van der Waals surface area contributed by atoms with Gasteiger partial charge in [-0.2, -0.15) is 0 Å². The van der Waals surface area contributed by atoms with Crippen LogP contribution in [0, 0.1) is 0 Å². The Balaban J connectivity index is 2.34. The Labute approximate surface area is 113 Å². The van der Waals surface area contributed by atoms with Crippen molar-refractivity contribution in [3.8, 4) is 0 Å². The van der Waals surface area contributed by atoms with Crippen LogP contribution in [0.25, 0.3) is 0 Å². The van der Waals surface area contributed by atoms with Crippen molar-refractivity contribution < 1.29 is 12.8 Å².